The van der Waals surface area contributed by atoms with Crippen molar-refractivity contribution in [2.75, 3.05) is 98.5 Å². The highest BCUT2D eigenvalue weighted by Crippen LogP contribution is 2.53. The third-order valence-corrected chi connectivity index (χ3v) is 28.2. The summed E-state index contributed by atoms with van der Waals surface area (Å²) in [5.74, 6) is -2.64. The minimum Gasteiger partial charge on any atom is -0.443 e. The number of halogens is 12. The van der Waals surface area contributed by atoms with Crippen LogP contribution in [0.4, 0.5) is 71.9 Å². The van der Waals surface area contributed by atoms with Crippen molar-refractivity contribution in [3.63, 3.8) is 0 Å². The van der Waals surface area contributed by atoms with Crippen molar-refractivity contribution in [1.29, 1.82) is 0 Å². The molecule has 718 valence electrons. The number of fused-ring (bicyclic) bond motifs is 3. The number of hydrogen-bond acceptors (Lipinski definition) is 16. The van der Waals surface area contributed by atoms with Gasteiger partial charge in [0.25, 0.3) is 0 Å². The summed E-state index contributed by atoms with van der Waals surface area (Å²) >= 11 is 0. The number of ether oxygens (including phenoxy) is 5. The molecule has 3 aliphatic carbocycles. The topological polar surface area (TPSA) is 266 Å². The maximum absolute atomic E-state index is 14.7. The molecule has 5 N–H and O–H groups in total. The molecule has 5 saturated heterocycles. The smallest absolute Gasteiger partial charge is 0.443 e. The van der Waals surface area contributed by atoms with Crippen molar-refractivity contribution >= 4 is 47.9 Å². The van der Waals surface area contributed by atoms with E-state index in [0.717, 1.165) is 124 Å². The lowest BCUT2D eigenvalue weighted by atomic mass is 9.73. The Hall–Kier alpha value is -8.26. The van der Waals surface area contributed by atoms with Crippen LogP contribution in [0.3, 0.4) is 0 Å². The first-order chi connectivity index (χ1) is 60.4. The van der Waals surface area contributed by atoms with Crippen molar-refractivity contribution in [3.05, 3.63) is 105 Å². The molecule has 37 heteroatoms. The van der Waals surface area contributed by atoms with E-state index in [1.807, 2.05) is 0 Å². The number of imide groups is 1. The van der Waals surface area contributed by atoms with Crippen LogP contribution in [0.2, 0.25) is 0 Å². The molecule has 1 unspecified atom stereocenters. The minimum atomic E-state index is -5.13. The Labute approximate surface area is 746 Å². The van der Waals surface area contributed by atoms with E-state index in [-0.39, 0.29) is 151 Å². The van der Waals surface area contributed by atoms with E-state index in [9.17, 15) is 91.0 Å². The quantitative estimate of drug-likeness (QED) is 0.0741. The van der Waals surface area contributed by atoms with Crippen LogP contribution in [0.25, 0.3) is 0 Å². The first kappa shape index (κ1) is 99.7. The summed E-state index contributed by atoms with van der Waals surface area (Å²) in [6.45, 7) is 27.1. The fourth-order valence-electron chi connectivity index (χ4n) is 21.2. The molecule has 3 aromatic rings. The number of carbonyl (C=O) groups excluding carboxylic acids is 8. The monoisotopic (exact) mass is 1840 g/mol. The maximum Gasteiger partial charge on any atom is 0.471 e. The molecule has 14 rings (SSSR count). The molecule has 129 heavy (non-hydrogen) atoms. The predicted molar refractivity (Wildman–Crippen MR) is 452 cm³/mol. The number of benzene rings is 3. The van der Waals surface area contributed by atoms with Crippen LogP contribution in [0, 0.1) is 34.0 Å². The largest absolute Gasteiger partial charge is 0.471 e. The van der Waals surface area contributed by atoms with Crippen LogP contribution in [0.15, 0.2) is 54.6 Å². The lowest BCUT2D eigenvalue weighted by molar-refractivity contribution is -0.192. The SMILES string of the molecule is CC(C)[C@]1(C(=O)N2Cc3cc(C(F)(F)F)ccc3C(NCCN(C(=O)OC(C)(C)C)C(=O)OC(C)(C)C)C2)CC[C@@H](N(C(=O)C(F)(F)F)C2CCOCC2)C1.CC(C)[C@]1(C(=O)N2Cc3cc(C(F)(F)F)ccc3[C@@H](N3CCNC3=O)C2)CC[C@@H](NC2CCOCC2)C1.CC(C)[C@]1(C(=O)N2Cc3cc(C(F)(F)F)ccc3[C@H](N3CCNC3=O)C2)CC[C@@H](NC2CCOCC2)C1. The maximum atomic E-state index is 14.7. The molecule has 11 aliphatic rings. The zero-order valence-corrected chi connectivity index (χ0v) is 75.9. The summed E-state index contributed by atoms with van der Waals surface area (Å²) in [5, 5.41) is 16.3. The molecule has 0 bridgehead atoms. The molecule has 3 aromatic carbocycles. The molecule has 8 fully saturated rings. The molecule has 3 saturated carbocycles. The molecule has 8 heterocycles. The van der Waals surface area contributed by atoms with Gasteiger partial charge in [0.2, 0.25) is 17.7 Å². The molecule has 0 radical (unpaired) electrons. The van der Waals surface area contributed by atoms with Gasteiger partial charge in [0, 0.05) is 154 Å². The van der Waals surface area contributed by atoms with Gasteiger partial charge in [-0.15, -0.1) is 0 Å². The van der Waals surface area contributed by atoms with Gasteiger partial charge in [-0.1, -0.05) is 59.7 Å². The van der Waals surface area contributed by atoms with Crippen LogP contribution >= 0.6 is 0 Å². The van der Waals surface area contributed by atoms with Gasteiger partial charge in [-0.3, -0.25) is 19.2 Å². The summed E-state index contributed by atoms with van der Waals surface area (Å²) in [6.07, 6.45) is -11.5. The number of alkyl halides is 12. The van der Waals surface area contributed by atoms with Gasteiger partial charge < -0.3 is 79.7 Å². The number of hydrogen-bond donors (Lipinski definition) is 5. The number of nitrogens with zero attached hydrogens (tertiary/aromatic N) is 7. The van der Waals surface area contributed by atoms with Crippen LogP contribution < -0.4 is 26.6 Å². The second-order valence-corrected chi connectivity index (χ2v) is 39.7. The Morgan fingerprint density at radius 1 is 0.465 bits per heavy atom. The van der Waals surface area contributed by atoms with Crippen LogP contribution in [-0.2, 0) is 81.0 Å². The van der Waals surface area contributed by atoms with Gasteiger partial charge in [0.1, 0.15) is 11.2 Å². The highest BCUT2D eigenvalue weighted by molar-refractivity contribution is 5.89. The average molecular weight is 1840 g/mol. The van der Waals surface area contributed by atoms with Gasteiger partial charge in [0.15, 0.2) is 0 Å². The van der Waals surface area contributed by atoms with Crippen molar-refractivity contribution in [3.8, 4) is 0 Å². The number of urea groups is 2. The van der Waals surface area contributed by atoms with Crippen molar-refractivity contribution in [2.24, 2.45) is 34.0 Å². The normalized spacial score (nSPS) is 26.3. The number of amides is 10. The first-order valence-electron chi connectivity index (χ1n) is 45.6. The van der Waals surface area contributed by atoms with E-state index in [4.69, 9.17) is 23.7 Å². The lowest BCUT2D eigenvalue weighted by Crippen LogP contribution is -2.55. The zero-order chi connectivity index (χ0) is 94.1. The molecule has 8 aliphatic heterocycles. The van der Waals surface area contributed by atoms with Gasteiger partial charge in [-0.2, -0.15) is 52.7 Å². The minimum absolute atomic E-state index is 0.00792. The zero-order valence-electron chi connectivity index (χ0n) is 75.9. The average Bonchev–Trinajstić information content (AvgIpc) is 1.69. The second-order valence-electron chi connectivity index (χ2n) is 39.7. The van der Waals surface area contributed by atoms with E-state index < -0.39 is 129 Å². The Morgan fingerprint density at radius 3 is 1.18 bits per heavy atom. The summed E-state index contributed by atoms with van der Waals surface area (Å²) < 4.78 is 192. The highest BCUT2D eigenvalue weighted by atomic mass is 19.4. The van der Waals surface area contributed by atoms with E-state index in [1.54, 1.807) is 75.0 Å². The molecular formula is C92H128F12N12O13. The van der Waals surface area contributed by atoms with E-state index >= 15 is 0 Å². The summed E-state index contributed by atoms with van der Waals surface area (Å²) in [4.78, 5) is 117. The molecule has 0 spiro atoms. The summed E-state index contributed by atoms with van der Waals surface area (Å²) in [7, 11) is 0. The molecule has 9 atom stereocenters. The predicted octanol–water partition coefficient (Wildman–Crippen LogP) is 15.8. The highest BCUT2D eigenvalue weighted by Gasteiger charge is 2.58. The Balaban J connectivity index is 0.000000180. The second kappa shape index (κ2) is 39.9. The van der Waals surface area contributed by atoms with Crippen LogP contribution in [-0.4, -0.2) is 234 Å². The van der Waals surface area contributed by atoms with Crippen LogP contribution in [0.5, 0.6) is 0 Å². The van der Waals surface area contributed by atoms with E-state index in [2.05, 4.69) is 54.3 Å². The molecule has 25 nitrogen and oxygen atoms in total. The standard InChI is InChI=1S/C38H54F6N4O7.2C27H37F3N4O3/c1-23(2)36(14-11-27(20-36)48(31(50)38(42,43)44)26-12-17-53-18-13-26)30(49)46-21-24-19-25(37(39,40)41)9-10-28(24)29(22-46)45-15-16-47(32(51)54-34(3,4)5)33(52)55-35(6,7)8;2*1-17(2)26(8-5-21(14-26)32-20-6-11-37-12-7-20)24(35)33-15-18-13-19(27(28,29)30)3-4-22(18)23(16-33)34-10-9-31-25(34)36/h9-10,19,23,26-27,29,45H,11-18,20-22H2,1-8H3;2*3-4,13,17,20-21,23,32H,5-12,14-16H2,1-2H3,(H,31,36)/t27-,29?,36+;21-,23+,26+;21-,23-,26+/m111/s1. The first-order valence-corrected chi connectivity index (χ1v) is 45.6. The number of carbonyl (C=O) groups is 8. The lowest BCUT2D eigenvalue weighted by Gasteiger charge is -2.44. The fraction of sp³-hybridized carbons (Fsp3) is 0.717. The molecule has 10 amide bonds. The Morgan fingerprint density at radius 2 is 0.822 bits per heavy atom. The van der Waals surface area contributed by atoms with Crippen molar-refractivity contribution in [1.82, 2.24) is 60.9 Å². The number of nitrogens with one attached hydrogen (secondary N) is 5. The van der Waals surface area contributed by atoms with Crippen molar-refractivity contribution in [2.45, 2.75) is 289 Å². The summed E-state index contributed by atoms with van der Waals surface area (Å²) in [5.41, 5.74) is -3.65. The number of rotatable bonds is 18. The summed E-state index contributed by atoms with van der Waals surface area (Å²) in [6, 6.07) is 8.10. The van der Waals surface area contributed by atoms with Gasteiger partial charge >= 0.3 is 54.9 Å². The van der Waals surface area contributed by atoms with Crippen LogP contribution in [0.1, 0.15) is 248 Å². The third-order valence-electron chi connectivity index (χ3n) is 28.2. The Bertz CT molecular complexity index is 4290. The van der Waals surface area contributed by atoms with Gasteiger partial charge in [0.05, 0.1) is 51.1 Å². The van der Waals surface area contributed by atoms with E-state index in [0.29, 0.717) is 78.9 Å². The van der Waals surface area contributed by atoms with Gasteiger partial charge in [-0.25, -0.2) is 24.1 Å². The van der Waals surface area contributed by atoms with Gasteiger partial charge in [-0.05, 0) is 225 Å². The fourth-order valence-corrected chi connectivity index (χ4v) is 21.2. The van der Waals surface area contributed by atoms with E-state index in [1.165, 1.54) is 23.1 Å². The Kier molecular flexibility index (Phi) is 30.8. The molecule has 0 aromatic heterocycles. The molecular weight excluding hydrogens is 1710 g/mol. The third kappa shape index (κ3) is 23.2. The van der Waals surface area contributed by atoms with Crippen molar-refractivity contribution < 1.29 is 115 Å².